The molecule has 0 amide bonds. The summed E-state index contributed by atoms with van der Waals surface area (Å²) in [5.41, 5.74) is 0.781. The molecule has 0 aliphatic heterocycles. The van der Waals surface area contributed by atoms with Crippen LogP contribution >= 0.6 is 11.6 Å². The lowest BCUT2D eigenvalue weighted by Crippen LogP contribution is -2.34. The molecule has 0 spiro atoms. The number of ketones is 1. The maximum Gasteiger partial charge on any atom is 0.167 e. The van der Waals surface area contributed by atoms with Crippen LogP contribution in [0.25, 0.3) is 0 Å². The van der Waals surface area contributed by atoms with Crippen molar-refractivity contribution >= 4 is 17.4 Å². The van der Waals surface area contributed by atoms with E-state index < -0.39 is 0 Å². The van der Waals surface area contributed by atoms with Gasteiger partial charge in [0.1, 0.15) is 0 Å². The zero-order chi connectivity index (χ0) is 14.5. The zero-order valence-electron chi connectivity index (χ0n) is 12.4. The van der Waals surface area contributed by atoms with Crippen molar-refractivity contribution in [3.63, 3.8) is 0 Å². The van der Waals surface area contributed by atoms with E-state index in [0.29, 0.717) is 5.02 Å². The Morgan fingerprint density at radius 1 is 1.30 bits per heavy atom. The third-order valence-electron chi connectivity index (χ3n) is 4.13. The van der Waals surface area contributed by atoms with Crippen LogP contribution in [0.3, 0.4) is 0 Å². The molecule has 2 rings (SSSR count). The van der Waals surface area contributed by atoms with Gasteiger partial charge in [0.05, 0.1) is 0 Å². The lowest BCUT2D eigenvalue weighted by Gasteiger charge is -2.25. The molecule has 1 fully saturated rings. The molecule has 1 atom stereocenters. The number of carbonyl (C=O) groups is 1. The largest absolute Gasteiger partial charge is 0.303 e. The van der Waals surface area contributed by atoms with Crippen molar-refractivity contribution in [2.75, 3.05) is 19.6 Å². The molecule has 2 nitrogen and oxygen atoms in total. The predicted octanol–water partition coefficient (Wildman–Crippen LogP) is 4.28. The van der Waals surface area contributed by atoms with Gasteiger partial charge in [-0.2, -0.15) is 0 Å². The summed E-state index contributed by atoms with van der Waals surface area (Å²) < 4.78 is 0. The van der Waals surface area contributed by atoms with E-state index in [0.717, 1.165) is 37.5 Å². The zero-order valence-corrected chi connectivity index (χ0v) is 13.2. The summed E-state index contributed by atoms with van der Waals surface area (Å²) in [5.74, 6) is 1.21. The van der Waals surface area contributed by atoms with Gasteiger partial charge in [0.25, 0.3) is 0 Å². The number of hydrogen-bond donors (Lipinski definition) is 0. The van der Waals surface area contributed by atoms with Gasteiger partial charge < -0.3 is 4.90 Å². The van der Waals surface area contributed by atoms with Gasteiger partial charge in [0.15, 0.2) is 5.78 Å². The molecule has 1 aliphatic rings. The van der Waals surface area contributed by atoms with Crippen LogP contribution < -0.4 is 0 Å². The third kappa shape index (κ3) is 4.32. The molecular formula is C17H24ClNO. The van der Waals surface area contributed by atoms with Crippen LogP contribution in [-0.2, 0) is 0 Å². The van der Waals surface area contributed by atoms with E-state index in [9.17, 15) is 4.79 Å². The van der Waals surface area contributed by atoms with Crippen LogP contribution in [0, 0.1) is 11.8 Å². The SMILES string of the molecule is CC[C@@H](CN(CC)CC1CC1)C(=O)c1ccc(Cl)cc1. The van der Waals surface area contributed by atoms with Gasteiger partial charge in [-0.1, -0.05) is 25.4 Å². The highest BCUT2D eigenvalue weighted by atomic mass is 35.5. The molecule has 0 radical (unpaired) electrons. The van der Waals surface area contributed by atoms with Gasteiger partial charge in [-0.3, -0.25) is 4.79 Å². The Labute approximate surface area is 127 Å². The summed E-state index contributed by atoms with van der Waals surface area (Å²) >= 11 is 5.88. The molecule has 1 aliphatic carbocycles. The molecule has 0 unspecified atom stereocenters. The molecule has 1 aromatic carbocycles. The van der Waals surface area contributed by atoms with Crippen LogP contribution in [0.2, 0.25) is 5.02 Å². The summed E-state index contributed by atoms with van der Waals surface area (Å²) in [7, 11) is 0. The van der Waals surface area contributed by atoms with Crippen molar-refractivity contribution in [2.24, 2.45) is 11.8 Å². The molecule has 0 aromatic heterocycles. The number of carbonyl (C=O) groups excluding carboxylic acids is 1. The highest BCUT2D eigenvalue weighted by Crippen LogP contribution is 2.30. The summed E-state index contributed by atoms with van der Waals surface area (Å²) in [6.45, 7) is 7.35. The molecule has 110 valence electrons. The first-order valence-corrected chi connectivity index (χ1v) is 8.04. The van der Waals surface area contributed by atoms with E-state index in [1.54, 1.807) is 12.1 Å². The number of Topliss-reactive ketones (excluding diaryl/α,β-unsaturated/α-hetero) is 1. The topological polar surface area (TPSA) is 20.3 Å². The van der Waals surface area contributed by atoms with E-state index in [2.05, 4.69) is 18.7 Å². The molecule has 0 N–H and O–H groups in total. The first kappa shape index (κ1) is 15.5. The third-order valence-corrected chi connectivity index (χ3v) is 4.38. The summed E-state index contributed by atoms with van der Waals surface area (Å²) in [5, 5.41) is 0.679. The minimum Gasteiger partial charge on any atom is -0.303 e. The first-order valence-electron chi connectivity index (χ1n) is 7.66. The second-order valence-corrected chi connectivity index (χ2v) is 6.21. The van der Waals surface area contributed by atoms with Crippen LogP contribution in [0.15, 0.2) is 24.3 Å². The Morgan fingerprint density at radius 2 is 1.95 bits per heavy atom. The van der Waals surface area contributed by atoms with Crippen LogP contribution in [0.5, 0.6) is 0 Å². The monoisotopic (exact) mass is 293 g/mol. The smallest absolute Gasteiger partial charge is 0.167 e. The van der Waals surface area contributed by atoms with E-state index in [1.807, 2.05) is 12.1 Å². The number of hydrogen-bond acceptors (Lipinski definition) is 2. The lowest BCUT2D eigenvalue weighted by atomic mass is 9.94. The molecule has 0 heterocycles. The standard InChI is InChI=1S/C17H24ClNO/c1-3-14(12-19(4-2)11-13-5-6-13)17(20)15-7-9-16(18)10-8-15/h7-10,13-14H,3-6,11-12H2,1-2H3/t14-/m0/s1. The minimum atomic E-state index is 0.0925. The van der Waals surface area contributed by atoms with Crippen LogP contribution in [0.1, 0.15) is 43.5 Å². The molecule has 1 aromatic rings. The van der Waals surface area contributed by atoms with Crippen molar-refractivity contribution in [2.45, 2.75) is 33.1 Å². The Kier molecular flexibility index (Phi) is 5.62. The lowest BCUT2D eigenvalue weighted by molar-refractivity contribution is 0.0875. The van der Waals surface area contributed by atoms with Gasteiger partial charge in [0, 0.05) is 29.6 Å². The van der Waals surface area contributed by atoms with E-state index in [4.69, 9.17) is 11.6 Å². The summed E-state index contributed by atoms with van der Waals surface area (Å²) in [6.07, 6.45) is 3.61. The van der Waals surface area contributed by atoms with Crippen molar-refractivity contribution in [3.05, 3.63) is 34.9 Å². The van der Waals surface area contributed by atoms with Crippen molar-refractivity contribution in [1.82, 2.24) is 4.90 Å². The molecule has 0 saturated heterocycles. The van der Waals surface area contributed by atoms with E-state index in [-0.39, 0.29) is 11.7 Å². The predicted molar refractivity (Wildman–Crippen MR) is 84.4 cm³/mol. The number of rotatable bonds is 8. The maximum absolute atomic E-state index is 12.6. The summed E-state index contributed by atoms with van der Waals surface area (Å²) in [6, 6.07) is 7.27. The molecular weight excluding hydrogens is 270 g/mol. The Hall–Kier alpha value is -0.860. The molecule has 20 heavy (non-hydrogen) atoms. The fourth-order valence-electron chi connectivity index (χ4n) is 2.56. The highest BCUT2D eigenvalue weighted by Gasteiger charge is 2.26. The Morgan fingerprint density at radius 3 is 2.45 bits per heavy atom. The molecule has 0 bridgehead atoms. The maximum atomic E-state index is 12.6. The first-order chi connectivity index (χ1) is 9.63. The molecule has 1 saturated carbocycles. The van der Waals surface area contributed by atoms with Crippen molar-refractivity contribution in [3.8, 4) is 0 Å². The minimum absolute atomic E-state index is 0.0925. The second-order valence-electron chi connectivity index (χ2n) is 5.77. The van der Waals surface area contributed by atoms with Gasteiger partial charge >= 0.3 is 0 Å². The fourth-order valence-corrected chi connectivity index (χ4v) is 2.68. The average molecular weight is 294 g/mol. The normalized spacial score (nSPS) is 16.4. The average Bonchev–Trinajstić information content (AvgIpc) is 3.27. The Balaban J connectivity index is 1.98. The van der Waals surface area contributed by atoms with Crippen molar-refractivity contribution in [1.29, 1.82) is 0 Å². The van der Waals surface area contributed by atoms with E-state index >= 15 is 0 Å². The summed E-state index contributed by atoms with van der Waals surface area (Å²) in [4.78, 5) is 15.0. The number of benzene rings is 1. The van der Waals surface area contributed by atoms with E-state index in [1.165, 1.54) is 12.8 Å². The Bertz CT molecular complexity index is 439. The quantitative estimate of drug-likeness (QED) is 0.667. The van der Waals surface area contributed by atoms with Gasteiger partial charge in [-0.05, 0) is 56.0 Å². The number of nitrogens with zero attached hydrogens (tertiary/aromatic N) is 1. The van der Waals surface area contributed by atoms with Gasteiger partial charge in [-0.15, -0.1) is 0 Å². The second kappa shape index (κ2) is 7.24. The molecule has 3 heteroatoms. The van der Waals surface area contributed by atoms with Crippen molar-refractivity contribution < 1.29 is 4.79 Å². The number of halogens is 1. The van der Waals surface area contributed by atoms with Crippen LogP contribution in [-0.4, -0.2) is 30.3 Å². The van der Waals surface area contributed by atoms with Gasteiger partial charge in [-0.25, -0.2) is 0 Å². The highest BCUT2D eigenvalue weighted by molar-refractivity contribution is 6.30. The van der Waals surface area contributed by atoms with Crippen LogP contribution in [0.4, 0.5) is 0 Å². The fraction of sp³-hybridized carbons (Fsp3) is 0.588. The van der Waals surface area contributed by atoms with Gasteiger partial charge in [0.2, 0.25) is 0 Å².